The van der Waals surface area contributed by atoms with Crippen LogP contribution in [0.1, 0.15) is 5.56 Å². The summed E-state index contributed by atoms with van der Waals surface area (Å²) in [7, 11) is 0. The molecule has 0 radical (unpaired) electrons. The third kappa shape index (κ3) is 2.34. The van der Waals surface area contributed by atoms with Gasteiger partial charge in [0.1, 0.15) is 0 Å². The van der Waals surface area contributed by atoms with E-state index in [4.69, 9.17) is 0 Å². The zero-order valence-electron chi connectivity index (χ0n) is 11.0. The van der Waals surface area contributed by atoms with E-state index in [1.54, 1.807) is 0 Å². The molecule has 2 heteroatoms. The first-order valence-corrected chi connectivity index (χ1v) is 6.62. The van der Waals surface area contributed by atoms with E-state index < -0.39 is 0 Å². The van der Waals surface area contributed by atoms with Crippen molar-refractivity contribution in [3.05, 3.63) is 72.8 Å². The fraction of sp³-hybridized carbons (Fsp3) is 0.176. The first-order valence-electron chi connectivity index (χ1n) is 6.62. The Hall–Kier alpha value is -2.22. The van der Waals surface area contributed by atoms with Crippen LogP contribution in [0.3, 0.4) is 0 Å². The van der Waals surface area contributed by atoms with Crippen molar-refractivity contribution >= 4 is 11.4 Å². The van der Waals surface area contributed by atoms with Gasteiger partial charge in [-0.3, -0.25) is 0 Å². The standard InChI is InChI=1S/C17H18N2/c1-2-12-18-14-19(13-15-8-4-3-5-9-15)17-11-7-6-10-16(17)18/h2-11H,1,12-14H2. The third-order valence-corrected chi connectivity index (χ3v) is 3.47. The maximum Gasteiger partial charge on any atom is 0.0911 e. The van der Waals surface area contributed by atoms with E-state index in [9.17, 15) is 0 Å². The maximum absolute atomic E-state index is 3.85. The predicted molar refractivity (Wildman–Crippen MR) is 81.5 cm³/mol. The highest BCUT2D eigenvalue weighted by Gasteiger charge is 2.24. The first-order chi connectivity index (χ1) is 9.38. The lowest BCUT2D eigenvalue weighted by molar-refractivity contribution is 0.796. The number of anilines is 2. The van der Waals surface area contributed by atoms with Crippen molar-refractivity contribution < 1.29 is 0 Å². The summed E-state index contributed by atoms with van der Waals surface area (Å²) in [4.78, 5) is 4.76. The average molecular weight is 250 g/mol. The molecule has 0 fully saturated rings. The molecule has 0 atom stereocenters. The first kappa shape index (κ1) is 11.8. The Balaban J connectivity index is 1.86. The van der Waals surface area contributed by atoms with E-state index in [1.807, 2.05) is 6.08 Å². The summed E-state index contributed by atoms with van der Waals surface area (Å²) in [5, 5.41) is 0. The molecule has 2 nitrogen and oxygen atoms in total. The third-order valence-electron chi connectivity index (χ3n) is 3.47. The second kappa shape index (κ2) is 5.19. The van der Waals surface area contributed by atoms with Gasteiger partial charge in [0, 0.05) is 13.1 Å². The van der Waals surface area contributed by atoms with Crippen molar-refractivity contribution in [2.45, 2.75) is 6.54 Å². The topological polar surface area (TPSA) is 6.48 Å². The van der Waals surface area contributed by atoms with E-state index in [1.165, 1.54) is 16.9 Å². The van der Waals surface area contributed by atoms with Crippen LogP contribution < -0.4 is 9.80 Å². The van der Waals surface area contributed by atoms with Crippen LogP contribution in [0.4, 0.5) is 11.4 Å². The maximum atomic E-state index is 3.85. The molecule has 0 saturated carbocycles. The summed E-state index contributed by atoms with van der Waals surface area (Å²) in [6.45, 7) is 6.62. The van der Waals surface area contributed by atoms with Crippen molar-refractivity contribution in [3.63, 3.8) is 0 Å². The molecular weight excluding hydrogens is 232 g/mol. The van der Waals surface area contributed by atoms with Crippen molar-refractivity contribution in [1.29, 1.82) is 0 Å². The molecule has 3 rings (SSSR count). The van der Waals surface area contributed by atoms with Gasteiger partial charge in [0.2, 0.25) is 0 Å². The lowest BCUT2D eigenvalue weighted by Gasteiger charge is -2.20. The van der Waals surface area contributed by atoms with Crippen LogP contribution in [-0.4, -0.2) is 13.2 Å². The van der Waals surface area contributed by atoms with Gasteiger partial charge >= 0.3 is 0 Å². The van der Waals surface area contributed by atoms with Crippen molar-refractivity contribution in [3.8, 4) is 0 Å². The molecule has 0 aliphatic carbocycles. The van der Waals surface area contributed by atoms with Gasteiger partial charge in [-0.05, 0) is 17.7 Å². The summed E-state index contributed by atoms with van der Waals surface area (Å²) in [6, 6.07) is 19.2. The lowest BCUT2D eigenvalue weighted by atomic mass is 10.2. The lowest BCUT2D eigenvalue weighted by Crippen LogP contribution is -2.30. The molecule has 0 aromatic heterocycles. The van der Waals surface area contributed by atoms with E-state index in [0.717, 1.165) is 19.8 Å². The summed E-state index contributed by atoms with van der Waals surface area (Å²) in [5.74, 6) is 0. The molecule has 2 aromatic rings. The molecule has 1 aliphatic rings. The number of hydrogen-bond donors (Lipinski definition) is 0. The molecule has 1 aliphatic heterocycles. The second-order valence-electron chi connectivity index (χ2n) is 4.82. The summed E-state index contributed by atoms with van der Waals surface area (Å²) < 4.78 is 0. The molecule has 0 spiro atoms. The van der Waals surface area contributed by atoms with E-state index >= 15 is 0 Å². The number of benzene rings is 2. The summed E-state index contributed by atoms with van der Waals surface area (Å²) >= 11 is 0. The van der Waals surface area contributed by atoms with Crippen LogP contribution in [0.25, 0.3) is 0 Å². The Morgan fingerprint density at radius 2 is 1.53 bits per heavy atom. The summed E-state index contributed by atoms with van der Waals surface area (Å²) in [6.07, 6.45) is 1.96. The van der Waals surface area contributed by atoms with Crippen LogP contribution in [0.15, 0.2) is 67.3 Å². The molecule has 0 bridgehead atoms. The van der Waals surface area contributed by atoms with Crippen molar-refractivity contribution in [1.82, 2.24) is 0 Å². The van der Waals surface area contributed by atoms with Crippen LogP contribution >= 0.6 is 0 Å². The van der Waals surface area contributed by atoms with Gasteiger partial charge in [0.25, 0.3) is 0 Å². The number of hydrogen-bond acceptors (Lipinski definition) is 2. The van der Waals surface area contributed by atoms with Crippen LogP contribution in [-0.2, 0) is 6.54 Å². The van der Waals surface area contributed by atoms with Crippen LogP contribution in [0.2, 0.25) is 0 Å². The van der Waals surface area contributed by atoms with E-state index in [-0.39, 0.29) is 0 Å². The van der Waals surface area contributed by atoms with Gasteiger partial charge in [-0.25, -0.2) is 0 Å². The highest BCUT2D eigenvalue weighted by molar-refractivity contribution is 5.76. The summed E-state index contributed by atoms with van der Waals surface area (Å²) in [5.41, 5.74) is 3.96. The van der Waals surface area contributed by atoms with E-state index in [0.29, 0.717) is 0 Å². The molecule has 0 amide bonds. The highest BCUT2D eigenvalue weighted by atomic mass is 15.4. The quantitative estimate of drug-likeness (QED) is 0.764. The van der Waals surface area contributed by atoms with Crippen molar-refractivity contribution in [2.24, 2.45) is 0 Å². The van der Waals surface area contributed by atoms with Gasteiger partial charge in [-0.1, -0.05) is 48.5 Å². The fourth-order valence-electron chi connectivity index (χ4n) is 2.61. The predicted octanol–water partition coefficient (Wildman–Crippen LogP) is 3.66. The molecule has 19 heavy (non-hydrogen) atoms. The Kier molecular flexibility index (Phi) is 3.23. The normalized spacial score (nSPS) is 13.5. The molecular formula is C17H18N2. The minimum Gasteiger partial charge on any atom is -0.348 e. The van der Waals surface area contributed by atoms with Gasteiger partial charge in [-0.2, -0.15) is 0 Å². The smallest absolute Gasteiger partial charge is 0.0911 e. The Labute approximate surface area is 114 Å². The highest BCUT2D eigenvalue weighted by Crippen LogP contribution is 2.36. The van der Waals surface area contributed by atoms with Crippen molar-refractivity contribution in [2.75, 3.05) is 23.0 Å². The monoisotopic (exact) mass is 250 g/mol. The molecule has 96 valence electrons. The number of nitrogens with zero attached hydrogens (tertiary/aromatic N) is 2. The molecule has 1 heterocycles. The van der Waals surface area contributed by atoms with Crippen LogP contribution in [0, 0.1) is 0 Å². The minimum atomic E-state index is 0.891. The molecule has 0 unspecified atom stereocenters. The number of fused-ring (bicyclic) bond motifs is 1. The number of rotatable bonds is 4. The van der Waals surface area contributed by atoms with Gasteiger partial charge in [0.05, 0.1) is 18.0 Å². The van der Waals surface area contributed by atoms with E-state index in [2.05, 4.69) is 71.0 Å². The Morgan fingerprint density at radius 1 is 0.895 bits per heavy atom. The number of para-hydroxylation sites is 2. The van der Waals surface area contributed by atoms with Crippen LogP contribution in [0.5, 0.6) is 0 Å². The largest absolute Gasteiger partial charge is 0.348 e. The minimum absolute atomic E-state index is 0.891. The second-order valence-corrected chi connectivity index (χ2v) is 4.82. The SMILES string of the molecule is C=CCN1CN(Cc2ccccc2)c2ccccc21. The fourth-order valence-corrected chi connectivity index (χ4v) is 2.61. The Bertz CT molecular complexity index is 562. The van der Waals surface area contributed by atoms with Gasteiger partial charge in [-0.15, -0.1) is 6.58 Å². The van der Waals surface area contributed by atoms with Gasteiger partial charge in [0.15, 0.2) is 0 Å². The zero-order chi connectivity index (χ0) is 13.1. The molecule has 2 aromatic carbocycles. The van der Waals surface area contributed by atoms with Gasteiger partial charge < -0.3 is 9.80 Å². The average Bonchev–Trinajstić information content (AvgIpc) is 2.79. The zero-order valence-corrected chi connectivity index (χ0v) is 11.0. The molecule has 0 saturated heterocycles. The Morgan fingerprint density at radius 3 is 2.21 bits per heavy atom. The molecule has 0 N–H and O–H groups in total.